The van der Waals surface area contributed by atoms with Crippen molar-refractivity contribution in [2.45, 2.75) is 47.1 Å². The molecule has 0 fully saturated rings. The highest BCUT2D eigenvalue weighted by Gasteiger charge is 2.14. The summed E-state index contributed by atoms with van der Waals surface area (Å²) in [6.07, 6.45) is 3.94. The minimum absolute atomic E-state index is 0.00956. The minimum atomic E-state index is -0.128. The van der Waals surface area contributed by atoms with Gasteiger partial charge in [0, 0.05) is 42.7 Å². The number of carbonyl (C=O) groups excluding carboxylic acids is 2. The molecule has 0 saturated carbocycles. The molecule has 1 heterocycles. The van der Waals surface area contributed by atoms with Gasteiger partial charge < -0.3 is 15.2 Å². The molecule has 26 heavy (non-hydrogen) atoms. The van der Waals surface area contributed by atoms with Crippen LogP contribution in [0.2, 0.25) is 0 Å². The highest BCUT2D eigenvalue weighted by molar-refractivity contribution is 5.97. The van der Waals surface area contributed by atoms with Crippen LogP contribution >= 0.6 is 0 Å². The summed E-state index contributed by atoms with van der Waals surface area (Å²) in [5.74, 6) is 1.05. The lowest BCUT2D eigenvalue weighted by Crippen LogP contribution is -2.27. The Bertz CT molecular complexity index is 780. The fraction of sp³-hybridized carbons (Fsp3) is 0.450. The molecule has 2 N–H and O–H groups in total. The van der Waals surface area contributed by atoms with E-state index in [2.05, 4.69) is 15.6 Å². The SMILES string of the molecule is Cc1ccc(C(=O)NCC(C)C)cc1NC(=O)CC(C)n1ccnc1C. The first-order valence-electron chi connectivity index (χ1n) is 8.96. The lowest BCUT2D eigenvalue weighted by molar-refractivity contribution is -0.116. The number of amides is 2. The van der Waals surface area contributed by atoms with Crippen molar-refractivity contribution in [3.63, 3.8) is 0 Å². The molecule has 0 aliphatic rings. The number of imidazole rings is 1. The number of aromatic nitrogens is 2. The summed E-state index contributed by atoms with van der Waals surface area (Å²) in [4.78, 5) is 28.9. The van der Waals surface area contributed by atoms with Gasteiger partial charge >= 0.3 is 0 Å². The summed E-state index contributed by atoms with van der Waals surface area (Å²) in [5, 5.41) is 5.82. The second kappa shape index (κ2) is 8.65. The number of nitrogens with one attached hydrogen (secondary N) is 2. The monoisotopic (exact) mass is 356 g/mol. The van der Waals surface area contributed by atoms with Crippen LogP contribution in [0.25, 0.3) is 0 Å². The van der Waals surface area contributed by atoms with Crippen LogP contribution in [-0.2, 0) is 4.79 Å². The van der Waals surface area contributed by atoms with Crippen LogP contribution in [0.5, 0.6) is 0 Å². The van der Waals surface area contributed by atoms with E-state index in [-0.39, 0.29) is 17.9 Å². The Hall–Kier alpha value is -2.63. The molecule has 0 aliphatic carbocycles. The van der Waals surface area contributed by atoms with E-state index in [9.17, 15) is 9.59 Å². The third-order valence-corrected chi connectivity index (χ3v) is 4.26. The molecular formula is C20H28N4O2. The van der Waals surface area contributed by atoms with E-state index in [1.165, 1.54) is 0 Å². The Morgan fingerprint density at radius 1 is 1.19 bits per heavy atom. The largest absolute Gasteiger partial charge is 0.352 e. The summed E-state index contributed by atoms with van der Waals surface area (Å²) in [6.45, 7) is 10.5. The van der Waals surface area contributed by atoms with E-state index in [1.807, 2.05) is 51.4 Å². The minimum Gasteiger partial charge on any atom is -0.352 e. The molecule has 6 nitrogen and oxygen atoms in total. The van der Waals surface area contributed by atoms with Crippen LogP contribution in [0.1, 0.15) is 55.0 Å². The van der Waals surface area contributed by atoms with Crippen LogP contribution in [-0.4, -0.2) is 27.9 Å². The van der Waals surface area contributed by atoms with Crippen molar-refractivity contribution in [2.24, 2.45) is 5.92 Å². The van der Waals surface area contributed by atoms with E-state index in [4.69, 9.17) is 0 Å². The van der Waals surface area contributed by atoms with Gasteiger partial charge in [0.1, 0.15) is 5.82 Å². The van der Waals surface area contributed by atoms with Crippen LogP contribution < -0.4 is 10.6 Å². The van der Waals surface area contributed by atoms with Crippen molar-refractivity contribution in [3.05, 3.63) is 47.5 Å². The maximum absolute atomic E-state index is 12.4. The van der Waals surface area contributed by atoms with E-state index < -0.39 is 0 Å². The van der Waals surface area contributed by atoms with Crippen LogP contribution in [0.3, 0.4) is 0 Å². The van der Waals surface area contributed by atoms with E-state index in [0.29, 0.717) is 30.1 Å². The summed E-state index contributed by atoms with van der Waals surface area (Å²) in [7, 11) is 0. The molecule has 1 atom stereocenters. The second-order valence-electron chi connectivity index (χ2n) is 7.12. The van der Waals surface area contributed by atoms with Gasteiger partial charge in [-0.3, -0.25) is 9.59 Å². The average molecular weight is 356 g/mol. The van der Waals surface area contributed by atoms with Crippen molar-refractivity contribution >= 4 is 17.5 Å². The van der Waals surface area contributed by atoms with Crippen LogP contribution in [0, 0.1) is 19.8 Å². The lowest BCUT2D eigenvalue weighted by atomic mass is 10.1. The number of carbonyl (C=O) groups is 2. The molecule has 1 unspecified atom stereocenters. The van der Waals surface area contributed by atoms with E-state index in [0.717, 1.165) is 11.4 Å². The fourth-order valence-corrected chi connectivity index (χ4v) is 2.72. The molecule has 0 saturated heterocycles. The molecular weight excluding hydrogens is 328 g/mol. The van der Waals surface area contributed by atoms with Crippen LogP contribution in [0.15, 0.2) is 30.6 Å². The molecule has 0 bridgehead atoms. The molecule has 140 valence electrons. The topological polar surface area (TPSA) is 76.0 Å². The number of anilines is 1. The number of nitrogens with zero attached hydrogens (tertiary/aromatic N) is 2. The second-order valence-corrected chi connectivity index (χ2v) is 7.12. The van der Waals surface area contributed by atoms with Gasteiger partial charge in [0.05, 0.1) is 0 Å². The molecule has 0 radical (unpaired) electrons. The summed E-state index contributed by atoms with van der Waals surface area (Å²) < 4.78 is 1.97. The van der Waals surface area contributed by atoms with Gasteiger partial charge in [-0.15, -0.1) is 0 Å². The normalized spacial score (nSPS) is 12.1. The summed E-state index contributed by atoms with van der Waals surface area (Å²) in [5.41, 5.74) is 2.14. The molecule has 2 amide bonds. The molecule has 2 aromatic rings. The van der Waals surface area contributed by atoms with Gasteiger partial charge in [-0.05, 0) is 44.4 Å². The van der Waals surface area contributed by atoms with E-state index in [1.54, 1.807) is 18.3 Å². The summed E-state index contributed by atoms with van der Waals surface area (Å²) >= 11 is 0. The van der Waals surface area contributed by atoms with Crippen molar-refractivity contribution < 1.29 is 9.59 Å². The zero-order valence-electron chi connectivity index (χ0n) is 16.2. The Morgan fingerprint density at radius 2 is 1.92 bits per heavy atom. The van der Waals surface area contributed by atoms with E-state index >= 15 is 0 Å². The third-order valence-electron chi connectivity index (χ3n) is 4.26. The molecule has 1 aromatic carbocycles. The van der Waals surface area contributed by atoms with Crippen LogP contribution in [0.4, 0.5) is 5.69 Å². The standard InChI is InChI=1S/C20H28N4O2/c1-13(2)12-22-20(26)17-7-6-14(3)18(11-17)23-19(25)10-15(4)24-9-8-21-16(24)5/h6-9,11,13,15H,10,12H2,1-5H3,(H,22,26)(H,23,25). The highest BCUT2D eigenvalue weighted by atomic mass is 16.2. The predicted molar refractivity (Wildman–Crippen MR) is 103 cm³/mol. The number of aryl methyl sites for hydroxylation is 2. The quantitative estimate of drug-likeness (QED) is 0.797. The molecule has 2 rings (SSSR count). The van der Waals surface area contributed by atoms with Gasteiger partial charge in [-0.2, -0.15) is 0 Å². The first kappa shape index (κ1) is 19.7. The predicted octanol–water partition coefficient (Wildman–Crippen LogP) is 3.48. The first-order chi connectivity index (χ1) is 12.3. The molecule has 6 heteroatoms. The van der Waals surface area contributed by atoms with Crippen molar-refractivity contribution in [3.8, 4) is 0 Å². The maximum atomic E-state index is 12.4. The number of benzene rings is 1. The number of hydrogen-bond donors (Lipinski definition) is 2. The highest BCUT2D eigenvalue weighted by Crippen LogP contribution is 2.19. The van der Waals surface area contributed by atoms with Gasteiger partial charge in [0.2, 0.25) is 5.91 Å². The Labute approximate surface area is 155 Å². The Balaban J connectivity index is 2.04. The molecule has 1 aromatic heterocycles. The first-order valence-corrected chi connectivity index (χ1v) is 8.96. The zero-order chi connectivity index (χ0) is 19.3. The van der Waals surface area contributed by atoms with Crippen molar-refractivity contribution in [1.82, 2.24) is 14.9 Å². The average Bonchev–Trinajstić information content (AvgIpc) is 3.00. The van der Waals surface area contributed by atoms with Crippen molar-refractivity contribution in [1.29, 1.82) is 0 Å². The van der Waals surface area contributed by atoms with Crippen molar-refractivity contribution in [2.75, 3.05) is 11.9 Å². The number of rotatable bonds is 7. The lowest BCUT2D eigenvalue weighted by Gasteiger charge is -2.16. The van der Waals surface area contributed by atoms with Gasteiger partial charge in [-0.25, -0.2) is 4.98 Å². The Kier molecular flexibility index (Phi) is 6.55. The van der Waals surface area contributed by atoms with Gasteiger partial charge in [-0.1, -0.05) is 19.9 Å². The van der Waals surface area contributed by atoms with Gasteiger partial charge in [0.15, 0.2) is 0 Å². The smallest absolute Gasteiger partial charge is 0.251 e. The zero-order valence-corrected chi connectivity index (χ0v) is 16.2. The molecule has 0 aliphatic heterocycles. The maximum Gasteiger partial charge on any atom is 0.251 e. The summed E-state index contributed by atoms with van der Waals surface area (Å²) in [6, 6.07) is 5.37. The molecule has 0 spiro atoms. The third kappa shape index (κ3) is 5.18. The Morgan fingerprint density at radius 3 is 2.54 bits per heavy atom. The fourth-order valence-electron chi connectivity index (χ4n) is 2.72. The number of hydrogen-bond acceptors (Lipinski definition) is 3. The van der Waals surface area contributed by atoms with Gasteiger partial charge in [0.25, 0.3) is 5.91 Å².